The molecule has 6 rings (SSSR count). The first-order chi connectivity index (χ1) is 19.1. The molecule has 1 saturated heterocycles. The molecule has 2 aromatic carbocycles. The summed E-state index contributed by atoms with van der Waals surface area (Å²) in [4.78, 5) is 21.7. The summed E-state index contributed by atoms with van der Waals surface area (Å²) >= 11 is 7.89. The van der Waals surface area contributed by atoms with Crippen LogP contribution in [0.4, 0.5) is 5.69 Å². The zero-order valence-corrected chi connectivity index (χ0v) is 24.9. The van der Waals surface area contributed by atoms with Crippen molar-refractivity contribution >= 4 is 70.9 Å². The molecule has 2 atom stereocenters. The Kier molecular flexibility index (Phi) is 13.9. The number of hydrogen-bond donors (Lipinski definition) is 4. The van der Waals surface area contributed by atoms with E-state index in [4.69, 9.17) is 35.9 Å². The molecule has 4 heterocycles. The van der Waals surface area contributed by atoms with Crippen LogP contribution in [0, 0.1) is 0 Å². The normalized spacial score (nSPS) is 16.4. The Labute approximate surface area is 257 Å². The molecule has 11 nitrogen and oxygen atoms in total. The van der Waals surface area contributed by atoms with E-state index < -0.39 is 18.0 Å². The van der Waals surface area contributed by atoms with Gasteiger partial charge < -0.3 is 35.9 Å². The van der Waals surface area contributed by atoms with Gasteiger partial charge in [-0.05, 0) is 54.3 Å². The van der Waals surface area contributed by atoms with E-state index in [0.717, 1.165) is 38.7 Å². The summed E-state index contributed by atoms with van der Waals surface area (Å²) < 4.78 is 18.2. The van der Waals surface area contributed by atoms with E-state index >= 15 is 0 Å². The molecule has 0 aliphatic carbocycles. The van der Waals surface area contributed by atoms with Crippen LogP contribution in [0.3, 0.4) is 0 Å². The number of ether oxygens (including phenoxy) is 3. The number of fused-ring (bicyclic) bond motifs is 2. The number of carbonyl (C=O) groups is 2. The molecule has 41 heavy (non-hydrogen) atoms. The monoisotopic (exact) mass is 712 g/mol. The molecule has 2 aromatic heterocycles. The third-order valence-corrected chi connectivity index (χ3v) is 7.18. The number of hydrogen-bond acceptors (Lipinski definition) is 10. The van der Waals surface area contributed by atoms with Crippen molar-refractivity contribution in [3.05, 3.63) is 74.7 Å². The quantitative estimate of drug-likeness (QED) is 0.207. The first-order valence-corrected chi connectivity index (χ1v) is 14.1. The number of halogens is 2. The average Bonchev–Trinajstić information content (AvgIpc) is 3.58. The van der Waals surface area contributed by atoms with Crippen molar-refractivity contribution in [2.75, 3.05) is 25.6 Å². The number of aliphatic carboxylic acids is 1. The Morgan fingerprint density at radius 2 is 1.71 bits per heavy atom. The molecule has 0 bridgehead atoms. The minimum atomic E-state index is -1.02. The van der Waals surface area contributed by atoms with E-state index in [1.54, 1.807) is 30.5 Å². The number of anilines is 1. The molecule has 0 radical (unpaired) electrons. The van der Waals surface area contributed by atoms with E-state index in [9.17, 15) is 9.59 Å². The fraction of sp³-hybridized carbons (Fsp3) is 0.259. The first-order valence-electron chi connectivity index (χ1n) is 11.7. The molecule has 0 spiro atoms. The zero-order valence-electron chi connectivity index (χ0n) is 20.9. The van der Waals surface area contributed by atoms with Gasteiger partial charge in [0.15, 0.2) is 11.5 Å². The van der Waals surface area contributed by atoms with Crippen LogP contribution in [0.1, 0.15) is 23.5 Å². The number of aromatic nitrogens is 2. The van der Waals surface area contributed by atoms with Crippen molar-refractivity contribution in [3.8, 4) is 11.5 Å². The number of nitrogen functional groups attached to an aromatic ring is 1. The van der Waals surface area contributed by atoms with Crippen molar-refractivity contribution in [1.82, 2.24) is 10.2 Å². The van der Waals surface area contributed by atoms with Gasteiger partial charge in [0.25, 0.3) is 0 Å². The van der Waals surface area contributed by atoms with E-state index in [-0.39, 0.29) is 14.0 Å². The third kappa shape index (κ3) is 11.2. The summed E-state index contributed by atoms with van der Waals surface area (Å²) in [5.41, 5.74) is 11.3. The van der Waals surface area contributed by atoms with Crippen LogP contribution < -0.4 is 20.9 Å². The van der Waals surface area contributed by atoms with Gasteiger partial charge in [0.05, 0.1) is 24.7 Å². The SMILES string of the molecule is C.NC1CCOC1.Nc1ccnnc1.O=C(O)C1COc2ccc(Br)cc2O1.O=C(O)c1cc2ccc(Br)cc2s1. The number of rotatable bonds is 2. The summed E-state index contributed by atoms with van der Waals surface area (Å²) in [7, 11) is 0. The fourth-order valence-corrected chi connectivity index (χ4v) is 4.93. The highest BCUT2D eigenvalue weighted by Gasteiger charge is 2.26. The smallest absolute Gasteiger partial charge is 0.348 e. The Bertz CT molecular complexity index is 1420. The number of thiophene rings is 1. The van der Waals surface area contributed by atoms with Gasteiger partial charge in [-0.15, -0.1) is 11.3 Å². The van der Waals surface area contributed by atoms with Crippen molar-refractivity contribution in [2.45, 2.75) is 26.0 Å². The van der Waals surface area contributed by atoms with Crippen molar-refractivity contribution in [3.63, 3.8) is 0 Å². The van der Waals surface area contributed by atoms with Gasteiger partial charge in [0, 0.05) is 26.3 Å². The number of nitrogens with zero attached hydrogens (tertiary/aromatic N) is 2. The molecular weight excluding hydrogens is 684 g/mol. The van der Waals surface area contributed by atoms with Crippen LogP contribution in [0.2, 0.25) is 0 Å². The van der Waals surface area contributed by atoms with E-state index in [2.05, 4.69) is 42.1 Å². The Hall–Kier alpha value is -3.30. The minimum Gasteiger partial charge on any atom is -0.485 e. The second-order valence-corrected chi connectivity index (χ2v) is 11.2. The Balaban J connectivity index is 0.000000201. The molecule has 1 fully saturated rings. The molecule has 2 aliphatic rings. The molecule has 4 aromatic rings. The lowest BCUT2D eigenvalue weighted by Gasteiger charge is -2.23. The Morgan fingerprint density at radius 1 is 0.976 bits per heavy atom. The van der Waals surface area contributed by atoms with Crippen LogP contribution in [0.25, 0.3) is 10.1 Å². The lowest BCUT2D eigenvalue weighted by molar-refractivity contribution is -0.147. The maximum atomic E-state index is 10.7. The molecule has 0 amide bonds. The molecule has 6 N–H and O–H groups in total. The van der Waals surface area contributed by atoms with Crippen LogP contribution in [0.15, 0.2) is 69.9 Å². The van der Waals surface area contributed by atoms with E-state index in [1.807, 2.05) is 24.3 Å². The highest BCUT2D eigenvalue weighted by molar-refractivity contribution is 9.10. The van der Waals surface area contributed by atoms with Gasteiger partial charge in [-0.25, -0.2) is 9.59 Å². The van der Waals surface area contributed by atoms with Crippen molar-refractivity contribution in [1.29, 1.82) is 0 Å². The molecule has 14 heteroatoms. The van der Waals surface area contributed by atoms with Crippen LogP contribution in [-0.2, 0) is 9.53 Å². The number of nitrogens with two attached hydrogens (primary N) is 2. The summed E-state index contributed by atoms with van der Waals surface area (Å²) in [6.45, 7) is 1.67. The predicted molar refractivity (Wildman–Crippen MR) is 165 cm³/mol. The van der Waals surface area contributed by atoms with Crippen molar-refractivity contribution in [2.24, 2.45) is 5.73 Å². The molecule has 220 valence electrons. The Morgan fingerprint density at radius 3 is 2.24 bits per heavy atom. The van der Waals surface area contributed by atoms with Crippen LogP contribution >= 0.6 is 43.2 Å². The molecule has 2 aliphatic heterocycles. The number of carboxylic acid groups (broad SMARTS) is 2. The average molecular weight is 714 g/mol. The summed E-state index contributed by atoms with van der Waals surface area (Å²) in [5, 5.41) is 25.5. The van der Waals surface area contributed by atoms with Crippen LogP contribution in [-0.4, -0.2) is 64.3 Å². The van der Waals surface area contributed by atoms with Crippen molar-refractivity contribution < 1.29 is 34.0 Å². The molecule has 2 unspecified atom stereocenters. The van der Waals surface area contributed by atoms with Crippen LogP contribution in [0.5, 0.6) is 11.5 Å². The predicted octanol–water partition coefficient (Wildman–Crippen LogP) is 5.46. The standard InChI is InChI=1S/C9H7BrO4.C9H5BrO2S.C4H5N3.C4H9NO.CH4/c10-5-1-2-6-7(3-5)14-8(4-13-6)9(11)12;10-6-2-1-5-3-8(9(11)12)13-7(5)4-6;5-4-1-2-6-7-3-4;5-4-1-2-6-3-4;/h1-3,8H,4H2,(H,11,12);1-4H,(H,11,12);1-3H,(H2,5,6);4H,1-3,5H2;1H4. The van der Waals surface area contributed by atoms with Gasteiger partial charge in [-0.2, -0.15) is 10.2 Å². The lowest BCUT2D eigenvalue weighted by Crippen LogP contribution is -2.36. The fourth-order valence-electron chi connectivity index (χ4n) is 3.13. The highest BCUT2D eigenvalue weighted by atomic mass is 79.9. The second-order valence-electron chi connectivity index (χ2n) is 8.24. The van der Waals surface area contributed by atoms with Gasteiger partial charge >= 0.3 is 11.9 Å². The highest BCUT2D eigenvalue weighted by Crippen LogP contribution is 2.34. The topological polar surface area (TPSA) is 180 Å². The number of benzene rings is 2. The van der Waals surface area contributed by atoms with E-state index in [1.165, 1.54) is 17.5 Å². The maximum Gasteiger partial charge on any atom is 0.348 e. The van der Waals surface area contributed by atoms with E-state index in [0.29, 0.717) is 28.1 Å². The maximum absolute atomic E-state index is 10.7. The number of carboxylic acids is 2. The molecular formula is C27H30Br2N4O7S. The third-order valence-electron chi connectivity index (χ3n) is 5.11. The largest absolute Gasteiger partial charge is 0.485 e. The zero-order chi connectivity index (χ0) is 29.1. The summed E-state index contributed by atoms with van der Waals surface area (Å²) in [5.74, 6) is -0.850. The minimum absolute atomic E-state index is 0. The first kappa shape index (κ1) is 33.9. The lowest BCUT2D eigenvalue weighted by atomic mass is 10.2. The van der Waals surface area contributed by atoms with Gasteiger partial charge in [-0.3, -0.25) is 0 Å². The number of aromatic carboxylic acids is 1. The summed E-state index contributed by atoms with van der Waals surface area (Å²) in [6, 6.07) is 14.7. The van der Waals surface area contributed by atoms with Gasteiger partial charge in [0.1, 0.15) is 11.5 Å². The second kappa shape index (κ2) is 16.8. The van der Waals surface area contributed by atoms with Gasteiger partial charge in [-0.1, -0.05) is 45.4 Å². The van der Waals surface area contributed by atoms with Gasteiger partial charge in [0.2, 0.25) is 6.10 Å². The summed E-state index contributed by atoms with van der Waals surface area (Å²) in [6.07, 6.45) is 3.17. The molecule has 0 saturated carbocycles.